The highest BCUT2D eigenvalue weighted by Crippen LogP contribution is 2.51. The van der Waals surface area contributed by atoms with E-state index in [0.29, 0.717) is 17.9 Å². The largest absolute Gasteiger partial charge is 0.489 e. The van der Waals surface area contributed by atoms with E-state index in [1.54, 1.807) is 18.2 Å². The summed E-state index contributed by atoms with van der Waals surface area (Å²) < 4.78 is 31.8. The lowest BCUT2D eigenvalue weighted by Gasteiger charge is -2.37. The summed E-state index contributed by atoms with van der Waals surface area (Å²) in [5, 5.41) is 11.1. The van der Waals surface area contributed by atoms with E-state index in [4.69, 9.17) is 14.2 Å². The molecular formula is C28H34FNO5. The summed E-state index contributed by atoms with van der Waals surface area (Å²) in [6, 6.07) is 8.05. The van der Waals surface area contributed by atoms with Crippen LogP contribution in [0.2, 0.25) is 0 Å². The number of esters is 1. The topological polar surface area (TPSA) is 68.2 Å². The fourth-order valence-corrected chi connectivity index (χ4v) is 6.29. The third-order valence-electron chi connectivity index (χ3n) is 7.92. The van der Waals surface area contributed by atoms with Gasteiger partial charge in [-0.25, -0.2) is 4.39 Å². The Balaban J connectivity index is 1.43. The average Bonchev–Trinajstić information content (AvgIpc) is 3.44. The molecule has 5 atom stereocenters. The van der Waals surface area contributed by atoms with Crippen LogP contribution in [0.15, 0.2) is 30.3 Å². The summed E-state index contributed by atoms with van der Waals surface area (Å²) in [5.41, 5.74) is 4.88. The molecule has 2 unspecified atom stereocenters. The number of hydrogen-bond donors (Lipinski definition) is 1. The molecular weight excluding hydrogens is 449 g/mol. The third-order valence-corrected chi connectivity index (χ3v) is 7.92. The first-order valence-corrected chi connectivity index (χ1v) is 12.7. The number of ether oxygens (including phenoxy) is 3. The number of likely N-dealkylation sites (tertiary alicyclic amines) is 1. The second kappa shape index (κ2) is 9.88. The standard InChI is InChI=1S/C28H34FNO5/c1-4-33-27(31)22-10-7-13-30(22)25-20-12-11-19-16(2)14-23(17(3)24(19)26(20)35-28(25)32)34-15-18-8-5-6-9-21(18)29/h5-6,8-9,14,20,22,25-26,28,32H,4,7,10-13,15H2,1-3H3/t20-,22+,25?,26+,28?/m0/s1. The number of aliphatic hydroxyl groups is 1. The van der Waals surface area contributed by atoms with Crippen molar-refractivity contribution in [1.29, 1.82) is 0 Å². The van der Waals surface area contributed by atoms with E-state index in [2.05, 4.69) is 11.8 Å². The fraction of sp³-hybridized carbons (Fsp3) is 0.536. The van der Waals surface area contributed by atoms with Gasteiger partial charge in [0.25, 0.3) is 0 Å². The Bertz CT molecular complexity index is 1100. The van der Waals surface area contributed by atoms with Gasteiger partial charge in [-0.1, -0.05) is 18.2 Å². The Morgan fingerprint density at radius 1 is 1.26 bits per heavy atom. The van der Waals surface area contributed by atoms with E-state index in [1.165, 1.54) is 11.6 Å². The normalized spacial score (nSPS) is 28.0. The number of carbonyl (C=O) groups excluding carboxylic acids is 1. The van der Waals surface area contributed by atoms with Gasteiger partial charge in [0.05, 0.1) is 18.8 Å². The smallest absolute Gasteiger partial charge is 0.323 e. The number of aryl methyl sites for hydroxylation is 1. The van der Waals surface area contributed by atoms with Crippen LogP contribution < -0.4 is 4.74 Å². The lowest BCUT2D eigenvalue weighted by Crippen LogP contribution is -2.50. The second-order valence-corrected chi connectivity index (χ2v) is 9.88. The Labute approximate surface area is 206 Å². The molecule has 5 rings (SSSR count). The number of halogens is 1. The van der Waals surface area contributed by atoms with Gasteiger partial charge in [-0.15, -0.1) is 0 Å². The Morgan fingerprint density at radius 2 is 2.06 bits per heavy atom. The predicted molar refractivity (Wildman–Crippen MR) is 128 cm³/mol. The minimum atomic E-state index is -0.978. The van der Waals surface area contributed by atoms with Gasteiger partial charge in [-0.2, -0.15) is 0 Å². The van der Waals surface area contributed by atoms with Crippen LogP contribution in [0, 0.1) is 25.6 Å². The zero-order chi connectivity index (χ0) is 24.7. The number of hydrogen-bond acceptors (Lipinski definition) is 6. The summed E-state index contributed by atoms with van der Waals surface area (Å²) in [6.45, 7) is 7.12. The van der Waals surface area contributed by atoms with Crippen LogP contribution in [0.1, 0.15) is 60.1 Å². The zero-order valence-electron chi connectivity index (χ0n) is 20.6. The van der Waals surface area contributed by atoms with Crippen molar-refractivity contribution in [2.75, 3.05) is 13.2 Å². The van der Waals surface area contributed by atoms with Crippen molar-refractivity contribution in [2.45, 2.75) is 77.5 Å². The molecule has 35 heavy (non-hydrogen) atoms. The number of aliphatic hydroxyl groups excluding tert-OH is 1. The van der Waals surface area contributed by atoms with Crippen molar-refractivity contribution >= 4 is 5.97 Å². The van der Waals surface area contributed by atoms with Crippen molar-refractivity contribution in [3.05, 3.63) is 64.0 Å². The molecule has 0 spiro atoms. The van der Waals surface area contributed by atoms with Crippen LogP contribution in [-0.4, -0.2) is 47.5 Å². The van der Waals surface area contributed by atoms with E-state index in [1.807, 2.05) is 19.9 Å². The maximum atomic E-state index is 14.1. The molecule has 0 amide bonds. The highest BCUT2D eigenvalue weighted by molar-refractivity contribution is 5.76. The van der Waals surface area contributed by atoms with Crippen LogP contribution in [0.25, 0.3) is 0 Å². The summed E-state index contributed by atoms with van der Waals surface area (Å²) in [4.78, 5) is 14.7. The van der Waals surface area contributed by atoms with Crippen LogP contribution in [0.5, 0.6) is 5.75 Å². The van der Waals surface area contributed by atoms with Crippen molar-refractivity contribution in [2.24, 2.45) is 5.92 Å². The van der Waals surface area contributed by atoms with Gasteiger partial charge in [-0.3, -0.25) is 9.69 Å². The number of nitrogens with zero attached hydrogens (tertiary/aromatic N) is 1. The molecule has 0 bridgehead atoms. The SMILES string of the molecule is CCOC(=O)[C@H]1CCCN1C1C(O)O[C@H]2c3c(C)c(OCc4ccccc4F)cc(C)c3CC[C@@H]12. The molecule has 0 aromatic heterocycles. The first kappa shape index (κ1) is 24.2. The van der Waals surface area contributed by atoms with Crippen LogP contribution in [-0.2, 0) is 27.3 Å². The molecule has 188 valence electrons. The van der Waals surface area contributed by atoms with Crippen molar-refractivity contribution in [1.82, 2.24) is 4.90 Å². The molecule has 6 nitrogen and oxygen atoms in total. The molecule has 2 fully saturated rings. The monoisotopic (exact) mass is 483 g/mol. The molecule has 2 aromatic carbocycles. The quantitative estimate of drug-likeness (QED) is 0.616. The molecule has 3 aliphatic rings. The maximum Gasteiger partial charge on any atom is 0.323 e. The average molecular weight is 484 g/mol. The predicted octanol–water partition coefficient (Wildman–Crippen LogP) is 4.37. The lowest BCUT2D eigenvalue weighted by molar-refractivity contribution is -0.153. The molecule has 2 aliphatic heterocycles. The lowest BCUT2D eigenvalue weighted by atomic mass is 9.75. The van der Waals surface area contributed by atoms with Gasteiger partial charge in [-0.05, 0) is 87.4 Å². The Kier molecular flexibility index (Phi) is 6.84. The Hall–Kier alpha value is -2.48. The minimum Gasteiger partial charge on any atom is -0.489 e. The number of carbonyl (C=O) groups is 1. The van der Waals surface area contributed by atoms with Gasteiger partial charge in [0.15, 0.2) is 6.29 Å². The van der Waals surface area contributed by atoms with E-state index in [-0.39, 0.29) is 42.5 Å². The maximum absolute atomic E-state index is 14.1. The molecule has 0 radical (unpaired) electrons. The number of rotatable bonds is 6. The second-order valence-electron chi connectivity index (χ2n) is 9.88. The van der Waals surface area contributed by atoms with Gasteiger partial charge in [0.1, 0.15) is 24.2 Å². The first-order chi connectivity index (χ1) is 16.9. The van der Waals surface area contributed by atoms with Crippen LogP contribution in [0.3, 0.4) is 0 Å². The first-order valence-electron chi connectivity index (χ1n) is 12.7. The molecule has 2 heterocycles. The molecule has 1 aliphatic carbocycles. The van der Waals surface area contributed by atoms with E-state index < -0.39 is 6.29 Å². The fourth-order valence-electron chi connectivity index (χ4n) is 6.29. The van der Waals surface area contributed by atoms with Gasteiger partial charge < -0.3 is 19.3 Å². The summed E-state index contributed by atoms with van der Waals surface area (Å²) in [5.74, 6) is 0.268. The third kappa shape index (κ3) is 4.34. The van der Waals surface area contributed by atoms with Crippen molar-refractivity contribution in [3.8, 4) is 5.75 Å². The van der Waals surface area contributed by atoms with Crippen LogP contribution >= 0.6 is 0 Å². The summed E-state index contributed by atoms with van der Waals surface area (Å²) in [7, 11) is 0. The highest BCUT2D eigenvalue weighted by atomic mass is 19.1. The van der Waals surface area contributed by atoms with E-state index in [0.717, 1.165) is 48.9 Å². The molecule has 0 saturated carbocycles. The van der Waals surface area contributed by atoms with E-state index >= 15 is 0 Å². The van der Waals surface area contributed by atoms with Gasteiger partial charge in [0, 0.05) is 11.5 Å². The molecule has 2 aromatic rings. The van der Waals surface area contributed by atoms with Crippen molar-refractivity contribution in [3.63, 3.8) is 0 Å². The van der Waals surface area contributed by atoms with E-state index in [9.17, 15) is 14.3 Å². The van der Waals surface area contributed by atoms with Gasteiger partial charge in [0.2, 0.25) is 0 Å². The van der Waals surface area contributed by atoms with Crippen molar-refractivity contribution < 1.29 is 28.5 Å². The molecule has 7 heteroatoms. The highest BCUT2D eigenvalue weighted by Gasteiger charge is 2.53. The van der Waals surface area contributed by atoms with Gasteiger partial charge >= 0.3 is 5.97 Å². The zero-order valence-corrected chi connectivity index (χ0v) is 20.6. The minimum absolute atomic E-state index is 0.0624. The molecule has 1 N–H and O–H groups in total. The molecule has 2 saturated heterocycles. The summed E-state index contributed by atoms with van der Waals surface area (Å²) in [6.07, 6.45) is 2.13. The number of benzene rings is 2. The number of fused-ring (bicyclic) bond motifs is 3. The van der Waals surface area contributed by atoms with Crippen LogP contribution in [0.4, 0.5) is 4.39 Å². The Morgan fingerprint density at radius 3 is 2.83 bits per heavy atom. The summed E-state index contributed by atoms with van der Waals surface area (Å²) >= 11 is 0.